The SMILES string of the molecule is Cc1c(C(=O)N(CCC#N)C2CC2)cnn1C. The van der Waals surface area contributed by atoms with Gasteiger partial charge in [0.1, 0.15) is 0 Å². The zero-order chi connectivity index (χ0) is 12.4. The van der Waals surface area contributed by atoms with Crippen molar-refractivity contribution >= 4 is 5.91 Å². The average molecular weight is 232 g/mol. The molecule has 5 heteroatoms. The molecule has 1 heterocycles. The van der Waals surface area contributed by atoms with Gasteiger partial charge in [-0.05, 0) is 19.8 Å². The fourth-order valence-corrected chi connectivity index (χ4v) is 1.87. The van der Waals surface area contributed by atoms with Crippen LogP contribution in [0, 0.1) is 18.3 Å². The molecule has 0 atom stereocenters. The van der Waals surface area contributed by atoms with E-state index in [0.29, 0.717) is 24.6 Å². The van der Waals surface area contributed by atoms with Crippen molar-refractivity contribution < 1.29 is 4.79 Å². The average Bonchev–Trinajstić information content (AvgIpc) is 3.08. The number of aromatic nitrogens is 2. The van der Waals surface area contributed by atoms with Crippen molar-refractivity contribution in [1.29, 1.82) is 5.26 Å². The summed E-state index contributed by atoms with van der Waals surface area (Å²) in [5.41, 5.74) is 1.52. The molecule has 0 aromatic carbocycles. The lowest BCUT2D eigenvalue weighted by Gasteiger charge is -2.20. The first-order valence-corrected chi connectivity index (χ1v) is 5.81. The maximum atomic E-state index is 12.3. The van der Waals surface area contributed by atoms with Crippen molar-refractivity contribution in [3.8, 4) is 6.07 Å². The summed E-state index contributed by atoms with van der Waals surface area (Å²) in [5, 5.41) is 12.7. The van der Waals surface area contributed by atoms with Crippen LogP contribution < -0.4 is 0 Å². The number of carbonyl (C=O) groups excluding carboxylic acids is 1. The maximum absolute atomic E-state index is 12.3. The van der Waals surface area contributed by atoms with E-state index in [0.717, 1.165) is 18.5 Å². The van der Waals surface area contributed by atoms with Gasteiger partial charge in [0.15, 0.2) is 0 Å². The third kappa shape index (κ3) is 2.31. The van der Waals surface area contributed by atoms with Gasteiger partial charge in [0, 0.05) is 25.3 Å². The molecule has 0 bridgehead atoms. The summed E-state index contributed by atoms with van der Waals surface area (Å²) in [5.74, 6) is 0.00773. The molecule has 1 saturated carbocycles. The van der Waals surface area contributed by atoms with Crippen molar-refractivity contribution in [3.63, 3.8) is 0 Å². The van der Waals surface area contributed by atoms with Crippen LogP contribution >= 0.6 is 0 Å². The van der Waals surface area contributed by atoms with E-state index in [1.165, 1.54) is 0 Å². The zero-order valence-corrected chi connectivity index (χ0v) is 10.2. The minimum atomic E-state index is 0.00773. The van der Waals surface area contributed by atoms with Crippen LogP contribution in [0.5, 0.6) is 0 Å². The van der Waals surface area contributed by atoms with E-state index < -0.39 is 0 Å². The van der Waals surface area contributed by atoms with E-state index in [4.69, 9.17) is 5.26 Å². The Morgan fingerprint density at radius 2 is 2.41 bits per heavy atom. The molecule has 0 radical (unpaired) electrons. The fraction of sp³-hybridized carbons (Fsp3) is 0.583. The number of carbonyl (C=O) groups is 1. The summed E-state index contributed by atoms with van der Waals surface area (Å²) in [4.78, 5) is 14.1. The third-order valence-electron chi connectivity index (χ3n) is 3.18. The quantitative estimate of drug-likeness (QED) is 0.784. The summed E-state index contributed by atoms with van der Waals surface area (Å²) < 4.78 is 1.70. The Kier molecular flexibility index (Phi) is 3.14. The molecular weight excluding hydrogens is 216 g/mol. The topological polar surface area (TPSA) is 61.9 Å². The highest BCUT2D eigenvalue weighted by Gasteiger charge is 2.33. The second kappa shape index (κ2) is 4.58. The Hall–Kier alpha value is -1.83. The smallest absolute Gasteiger partial charge is 0.257 e. The number of nitriles is 1. The van der Waals surface area contributed by atoms with Crippen molar-refractivity contribution in [3.05, 3.63) is 17.5 Å². The minimum Gasteiger partial charge on any atom is -0.335 e. The van der Waals surface area contributed by atoms with Crippen LogP contribution in [0.1, 0.15) is 35.3 Å². The monoisotopic (exact) mass is 232 g/mol. The van der Waals surface area contributed by atoms with Crippen molar-refractivity contribution in [2.24, 2.45) is 7.05 Å². The van der Waals surface area contributed by atoms with Crippen LogP contribution in [0.3, 0.4) is 0 Å². The Bertz CT molecular complexity index is 467. The van der Waals surface area contributed by atoms with Gasteiger partial charge in [0.05, 0.1) is 24.3 Å². The molecule has 90 valence electrons. The van der Waals surface area contributed by atoms with E-state index in [9.17, 15) is 4.79 Å². The molecule has 1 fully saturated rings. The minimum absolute atomic E-state index is 0.00773. The van der Waals surface area contributed by atoms with Crippen molar-refractivity contribution in [2.45, 2.75) is 32.2 Å². The molecule has 0 aliphatic heterocycles. The van der Waals surface area contributed by atoms with E-state index in [2.05, 4.69) is 11.2 Å². The molecule has 5 nitrogen and oxygen atoms in total. The molecule has 0 N–H and O–H groups in total. The Morgan fingerprint density at radius 1 is 1.71 bits per heavy atom. The van der Waals surface area contributed by atoms with Gasteiger partial charge in [-0.25, -0.2) is 0 Å². The predicted molar refractivity (Wildman–Crippen MR) is 62.2 cm³/mol. The van der Waals surface area contributed by atoms with E-state index in [1.807, 2.05) is 18.9 Å². The van der Waals surface area contributed by atoms with Crippen LogP contribution in [0.15, 0.2) is 6.20 Å². The lowest BCUT2D eigenvalue weighted by Crippen LogP contribution is -2.34. The normalized spacial score (nSPS) is 14.4. The Labute approximate surface area is 101 Å². The molecule has 17 heavy (non-hydrogen) atoms. The summed E-state index contributed by atoms with van der Waals surface area (Å²) in [7, 11) is 1.82. The van der Waals surface area contributed by atoms with Crippen molar-refractivity contribution in [2.75, 3.05) is 6.54 Å². The van der Waals surface area contributed by atoms with Gasteiger partial charge in [0.25, 0.3) is 5.91 Å². The second-order valence-electron chi connectivity index (χ2n) is 4.41. The molecule has 0 saturated heterocycles. The molecule has 1 aromatic rings. The number of amides is 1. The van der Waals surface area contributed by atoms with E-state index >= 15 is 0 Å². The van der Waals surface area contributed by atoms with Crippen LogP contribution in [0.4, 0.5) is 0 Å². The summed E-state index contributed by atoms with van der Waals surface area (Å²) in [6, 6.07) is 2.42. The van der Waals surface area contributed by atoms with Crippen LogP contribution in [-0.4, -0.2) is 33.2 Å². The summed E-state index contributed by atoms with van der Waals surface area (Å²) in [6.07, 6.45) is 4.11. The highest BCUT2D eigenvalue weighted by Crippen LogP contribution is 2.28. The molecule has 1 aliphatic rings. The van der Waals surface area contributed by atoms with Crippen molar-refractivity contribution in [1.82, 2.24) is 14.7 Å². The Morgan fingerprint density at radius 3 is 2.88 bits per heavy atom. The highest BCUT2D eigenvalue weighted by atomic mass is 16.2. The first-order valence-electron chi connectivity index (χ1n) is 5.81. The lowest BCUT2D eigenvalue weighted by atomic mass is 10.2. The molecule has 1 aromatic heterocycles. The standard InChI is InChI=1S/C12H16N4O/c1-9-11(8-14-15(9)2)12(17)16(7-3-6-13)10-4-5-10/h8,10H,3-5,7H2,1-2H3. The molecule has 2 rings (SSSR count). The van der Waals surface area contributed by atoms with E-state index in [1.54, 1.807) is 10.9 Å². The zero-order valence-electron chi connectivity index (χ0n) is 10.2. The van der Waals surface area contributed by atoms with E-state index in [-0.39, 0.29) is 5.91 Å². The molecule has 0 unspecified atom stereocenters. The summed E-state index contributed by atoms with van der Waals surface area (Å²) in [6.45, 7) is 2.41. The summed E-state index contributed by atoms with van der Waals surface area (Å²) >= 11 is 0. The maximum Gasteiger partial charge on any atom is 0.257 e. The number of nitrogens with zero attached hydrogens (tertiary/aromatic N) is 4. The van der Waals surface area contributed by atoms with Crippen LogP contribution in [0.2, 0.25) is 0 Å². The van der Waals surface area contributed by atoms with Crippen LogP contribution in [0.25, 0.3) is 0 Å². The number of aryl methyl sites for hydroxylation is 1. The first-order chi connectivity index (χ1) is 8.15. The molecule has 1 aliphatic carbocycles. The third-order valence-corrected chi connectivity index (χ3v) is 3.18. The predicted octanol–water partition coefficient (Wildman–Crippen LogP) is 1.25. The largest absolute Gasteiger partial charge is 0.335 e. The van der Waals surface area contributed by atoms with Gasteiger partial charge < -0.3 is 4.90 Å². The highest BCUT2D eigenvalue weighted by molar-refractivity contribution is 5.95. The van der Waals surface area contributed by atoms with Gasteiger partial charge in [-0.1, -0.05) is 0 Å². The second-order valence-corrected chi connectivity index (χ2v) is 4.41. The van der Waals surface area contributed by atoms with Gasteiger partial charge in [-0.3, -0.25) is 9.48 Å². The van der Waals surface area contributed by atoms with Gasteiger partial charge >= 0.3 is 0 Å². The molecule has 1 amide bonds. The van der Waals surface area contributed by atoms with Crippen LogP contribution in [-0.2, 0) is 7.05 Å². The molecular formula is C12H16N4O. The van der Waals surface area contributed by atoms with Gasteiger partial charge in [-0.2, -0.15) is 10.4 Å². The number of hydrogen-bond acceptors (Lipinski definition) is 3. The Balaban J connectivity index is 2.16. The number of rotatable bonds is 4. The van der Waals surface area contributed by atoms with Gasteiger partial charge in [-0.15, -0.1) is 0 Å². The lowest BCUT2D eigenvalue weighted by molar-refractivity contribution is 0.0746. The fourth-order valence-electron chi connectivity index (χ4n) is 1.87. The molecule has 0 spiro atoms. The first kappa shape index (κ1) is 11.6. The number of hydrogen-bond donors (Lipinski definition) is 0. The van der Waals surface area contributed by atoms with Gasteiger partial charge in [0.2, 0.25) is 0 Å².